The van der Waals surface area contributed by atoms with Crippen molar-refractivity contribution in [3.63, 3.8) is 0 Å². The minimum Gasteiger partial charge on any atom is -0.496 e. The molecule has 5 rings (SSSR count). The molecule has 10 heteroatoms. The highest BCUT2D eigenvalue weighted by atomic mass is 35.5. The number of carbonyl (C=O) groups excluding carboxylic acids is 1. The maximum absolute atomic E-state index is 14.2. The van der Waals surface area contributed by atoms with E-state index in [0.29, 0.717) is 40.8 Å². The van der Waals surface area contributed by atoms with Gasteiger partial charge in [-0.2, -0.15) is 0 Å². The van der Waals surface area contributed by atoms with Crippen LogP contribution in [-0.2, 0) is 23.7 Å². The van der Waals surface area contributed by atoms with Crippen molar-refractivity contribution in [3.8, 4) is 5.75 Å². The second kappa shape index (κ2) is 11.4. The zero-order valence-corrected chi connectivity index (χ0v) is 27.1. The summed E-state index contributed by atoms with van der Waals surface area (Å²) in [6, 6.07) is 11.6. The van der Waals surface area contributed by atoms with Crippen molar-refractivity contribution in [2.24, 2.45) is 7.05 Å². The number of ether oxygens (including phenoxy) is 2. The van der Waals surface area contributed by atoms with Gasteiger partial charge < -0.3 is 28.8 Å². The number of methoxy groups -OCH3 is 1. The molecule has 9 nitrogen and oxygen atoms in total. The van der Waals surface area contributed by atoms with Crippen LogP contribution in [0.1, 0.15) is 65.5 Å². The van der Waals surface area contributed by atoms with E-state index in [2.05, 4.69) is 37.1 Å². The molecular formula is C33H42ClN5O4. The lowest BCUT2D eigenvalue weighted by atomic mass is 9.86. The van der Waals surface area contributed by atoms with Crippen molar-refractivity contribution in [2.45, 2.75) is 78.0 Å². The summed E-state index contributed by atoms with van der Waals surface area (Å²) < 4.78 is 15.1. The molecule has 0 unspecified atom stereocenters. The predicted octanol–water partition coefficient (Wildman–Crippen LogP) is 6.39. The van der Waals surface area contributed by atoms with Crippen LogP contribution in [0.4, 0.5) is 10.7 Å². The Kier molecular flexibility index (Phi) is 8.15. The zero-order chi connectivity index (χ0) is 31.3. The first kappa shape index (κ1) is 30.7. The number of carbonyl (C=O) groups is 1. The van der Waals surface area contributed by atoms with E-state index in [1.54, 1.807) is 18.7 Å². The number of rotatable bonds is 5. The molecule has 1 aliphatic heterocycles. The van der Waals surface area contributed by atoms with Crippen molar-refractivity contribution in [1.82, 2.24) is 19.4 Å². The van der Waals surface area contributed by atoms with Crippen LogP contribution >= 0.6 is 11.6 Å². The fourth-order valence-corrected chi connectivity index (χ4v) is 5.93. The number of anilines is 1. The number of halogens is 1. The number of aryl methyl sites for hydroxylation is 1. The number of hydrogen-bond donors (Lipinski definition) is 1. The molecule has 1 saturated heterocycles. The molecular weight excluding hydrogens is 566 g/mol. The third kappa shape index (κ3) is 6.18. The number of benzene rings is 2. The monoisotopic (exact) mass is 607 g/mol. The molecule has 2 aromatic heterocycles. The second-order valence-corrected chi connectivity index (χ2v) is 13.8. The summed E-state index contributed by atoms with van der Waals surface area (Å²) in [6.45, 7) is 13.6. The number of aromatic nitrogens is 3. The van der Waals surface area contributed by atoms with Crippen LogP contribution in [0.15, 0.2) is 41.2 Å². The SMILES string of the molecule is COc1cc(C(C)(C)C)cc2c1c1nc(N3CCC[C@@H](NC(=O)OC(C)(C)C)C3)n(Cc3ccccc3Cl)c1c(=O)n2C. The Morgan fingerprint density at radius 1 is 1.14 bits per heavy atom. The molecule has 1 fully saturated rings. The number of fused-ring (bicyclic) bond motifs is 3. The Morgan fingerprint density at radius 3 is 2.51 bits per heavy atom. The third-order valence-corrected chi connectivity index (χ3v) is 8.30. The quantitative estimate of drug-likeness (QED) is 0.283. The van der Waals surface area contributed by atoms with Crippen molar-refractivity contribution >= 4 is 45.6 Å². The Morgan fingerprint density at radius 2 is 1.86 bits per heavy atom. The van der Waals surface area contributed by atoms with Gasteiger partial charge in [0.15, 0.2) is 0 Å². The summed E-state index contributed by atoms with van der Waals surface area (Å²) >= 11 is 6.63. The van der Waals surface area contributed by atoms with E-state index < -0.39 is 11.7 Å². The maximum atomic E-state index is 14.2. The highest BCUT2D eigenvalue weighted by molar-refractivity contribution is 6.31. The average molecular weight is 608 g/mol. The van der Waals surface area contributed by atoms with Gasteiger partial charge in [-0.15, -0.1) is 0 Å². The number of amides is 1. The fourth-order valence-electron chi connectivity index (χ4n) is 5.74. The van der Waals surface area contributed by atoms with Crippen molar-refractivity contribution in [1.29, 1.82) is 0 Å². The van der Waals surface area contributed by atoms with Gasteiger partial charge in [0.1, 0.15) is 22.4 Å². The van der Waals surface area contributed by atoms with E-state index in [1.807, 2.05) is 55.7 Å². The third-order valence-electron chi connectivity index (χ3n) is 7.93. The van der Waals surface area contributed by atoms with E-state index in [9.17, 15) is 9.59 Å². The number of nitrogens with one attached hydrogen (secondary N) is 1. The van der Waals surface area contributed by atoms with Crippen molar-refractivity contribution < 1.29 is 14.3 Å². The number of alkyl carbamates (subject to hydrolysis) is 1. The van der Waals surface area contributed by atoms with Crippen LogP contribution in [0.2, 0.25) is 5.02 Å². The number of piperidine rings is 1. The Balaban J connectivity index is 1.70. The van der Waals surface area contributed by atoms with Gasteiger partial charge >= 0.3 is 6.09 Å². The summed E-state index contributed by atoms with van der Waals surface area (Å²) in [6.07, 6.45) is 1.21. The van der Waals surface area contributed by atoms with Crippen LogP contribution in [0, 0.1) is 0 Å². The highest BCUT2D eigenvalue weighted by Gasteiger charge is 2.30. The molecule has 3 heterocycles. The molecule has 0 bridgehead atoms. The minimum atomic E-state index is -0.589. The Labute approximate surface area is 257 Å². The highest BCUT2D eigenvalue weighted by Crippen LogP contribution is 2.38. The first-order valence-electron chi connectivity index (χ1n) is 14.8. The Hall–Kier alpha value is -3.72. The molecule has 0 radical (unpaired) electrons. The molecule has 1 N–H and O–H groups in total. The lowest BCUT2D eigenvalue weighted by Gasteiger charge is -2.34. The standard InChI is InChI=1S/C33H42ClN5O4/c1-32(2,3)21-16-24-26(25(17-21)42-8)27-28(29(40)37(24)7)39(18-20-12-9-10-14-23(20)34)30(36-27)38-15-11-13-22(19-38)35-31(41)43-33(4,5)6/h9-10,12,14,16-17,22H,11,13,15,18-19H2,1-8H3,(H,35,41)/t22-/m1/s1. The molecule has 1 atom stereocenters. The molecule has 0 spiro atoms. The summed E-state index contributed by atoms with van der Waals surface area (Å²) in [5, 5.41) is 4.43. The molecule has 0 aliphatic carbocycles. The summed E-state index contributed by atoms with van der Waals surface area (Å²) in [7, 11) is 3.45. The van der Waals surface area contributed by atoms with Crippen LogP contribution in [0.3, 0.4) is 0 Å². The molecule has 2 aromatic carbocycles. The average Bonchev–Trinajstić information content (AvgIpc) is 3.30. The summed E-state index contributed by atoms with van der Waals surface area (Å²) in [5.41, 5.74) is 2.88. The Bertz CT molecular complexity index is 1750. The van der Waals surface area contributed by atoms with Gasteiger partial charge in [0.2, 0.25) is 5.95 Å². The van der Waals surface area contributed by atoms with Crippen LogP contribution in [-0.4, -0.2) is 52.1 Å². The van der Waals surface area contributed by atoms with Gasteiger partial charge in [0.05, 0.1) is 24.6 Å². The normalized spacial score (nSPS) is 16.1. The van der Waals surface area contributed by atoms with Gasteiger partial charge in [-0.3, -0.25) is 4.79 Å². The van der Waals surface area contributed by atoms with Crippen LogP contribution in [0.5, 0.6) is 5.75 Å². The van der Waals surface area contributed by atoms with Gasteiger partial charge in [-0.1, -0.05) is 50.6 Å². The molecule has 1 amide bonds. The predicted molar refractivity (Wildman–Crippen MR) is 173 cm³/mol. The fraction of sp³-hybridized carbons (Fsp3) is 0.485. The summed E-state index contributed by atoms with van der Waals surface area (Å²) in [5.74, 6) is 1.32. The number of pyridine rings is 1. The lowest BCUT2D eigenvalue weighted by molar-refractivity contribution is 0.0499. The first-order chi connectivity index (χ1) is 20.2. The van der Waals surface area contributed by atoms with Crippen molar-refractivity contribution in [2.75, 3.05) is 25.1 Å². The first-order valence-corrected chi connectivity index (χ1v) is 15.1. The van der Waals surface area contributed by atoms with Crippen molar-refractivity contribution in [3.05, 3.63) is 62.9 Å². The topological polar surface area (TPSA) is 90.6 Å². The number of nitrogens with zero attached hydrogens (tertiary/aromatic N) is 4. The molecule has 0 saturated carbocycles. The maximum Gasteiger partial charge on any atom is 0.407 e. The molecule has 4 aromatic rings. The van der Waals surface area contributed by atoms with Gasteiger partial charge in [-0.25, -0.2) is 9.78 Å². The largest absolute Gasteiger partial charge is 0.496 e. The van der Waals surface area contributed by atoms with Crippen LogP contribution < -0.4 is 20.5 Å². The van der Waals surface area contributed by atoms with E-state index in [4.69, 9.17) is 26.1 Å². The van der Waals surface area contributed by atoms with E-state index in [0.717, 1.165) is 41.4 Å². The number of hydrogen-bond acceptors (Lipinski definition) is 6. The van der Waals surface area contributed by atoms with Gasteiger partial charge in [-0.05, 0) is 68.4 Å². The smallest absolute Gasteiger partial charge is 0.407 e. The lowest BCUT2D eigenvalue weighted by Crippen LogP contribution is -2.49. The number of imidazole rings is 1. The molecule has 43 heavy (non-hydrogen) atoms. The van der Waals surface area contributed by atoms with Gasteiger partial charge in [0, 0.05) is 31.2 Å². The molecule has 230 valence electrons. The minimum absolute atomic E-state index is 0.138. The van der Waals surface area contributed by atoms with E-state index in [-0.39, 0.29) is 17.0 Å². The second-order valence-electron chi connectivity index (χ2n) is 13.4. The zero-order valence-electron chi connectivity index (χ0n) is 26.4. The van der Waals surface area contributed by atoms with E-state index >= 15 is 0 Å². The molecule has 1 aliphatic rings. The van der Waals surface area contributed by atoms with Crippen LogP contribution in [0.25, 0.3) is 21.9 Å². The van der Waals surface area contributed by atoms with Gasteiger partial charge in [0.25, 0.3) is 5.56 Å². The summed E-state index contributed by atoms with van der Waals surface area (Å²) in [4.78, 5) is 34.1. The van der Waals surface area contributed by atoms with E-state index in [1.165, 1.54) is 0 Å².